The normalized spacial score (nSPS) is 15.5. The highest BCUT2D eigenvalue weighted by atomic mass is 16.5. The molecule has 0 amide bonds. The van der Waals surface area contributed by atoms with Gasteiger partial charge in [0.05, 0.1) is 19.3 Å². The second kappa shape index (κ2) is 5.51. The number of pyridine rings is 1. The Morgan fingerprint density at radius 2 is 1.95 bits per heavy atom. The molecule has 1 aliphatic heterocycles. The summed E-state index contributed by atoms with van der Waals surface area (Å²) in [6.07, 6.45) is 2.68. The van der Waals surface area contributed by atoms with Crippen molar-refractivity contribution >= 4 is 0 Å². The molecule has 2 heterocycles. The topological polar surface area (TPSA) is 57.4 Å². The van der Waals surface area contributed by atoms with Crippen molar-refractivity contribution in [1.29, 1.82) is 0 Å². The Balaban J connectivity index is 1.94. The molecule has 0 aliphatic carbocycles. The Morgan fingerprint density at radius 3 is 2.75 bits per heavy atom. The van der Waals surface area contributed by atoms with Crippen LogP contribution >= 0.6 is 0 Å². The number of nitrogens with two attached hydrogens (primary N) is 1. The maximum atomic E-state index is 6.35. The van der Waals surface area contributed by atoms with Crippen molar-refractivity contribution in [3.05, 3.63) is 53.3 Å². The summed E-state index contributed by atoms with van der Waals surface area (Å²) in [5.41, 5.74) is 9.34. The summed E-state index contributed by atoms with van der Waals surface area (Å²) in [4.78, 5) is 4.29. The maximum absolute atomic E-state index is 6.35. The van der Waals surface area contributed by atoms with Crippen LogP contribution in [0.25, 0.3) is 0 Å². The lowest BCUT2D eigenvalue weighted by atomic mass is 9.98. The molecule has 0 fully saturated rings. The molecule has 0 bridgehead atoms. The van der Waals surface area contributed by atoms with Crippen LogP contribution < -0.4 is 15.2 Å². The lowest BCUT2D eigenvalue weighted by molar-refractivity contribution is 0.297. The van der Waals surface area contributed by atoms with Crippen LogP contribution in [0.4, 0.5) is 0 Å². The quantitative estimate of drug-likeness (QED) is 0.911. The summed E-state index contributed by atoms with van der Waals surface area (Å²) in [5.74, 6) is 1.57. The Bertz CT molecular complexity index is 613. The van der Waals surface area contributed by atoms with E-state index in [9.17, 15) is 0 Å². The molecule has 1 atom stereocenters. The molecule has 0 radical (unpaired) electrons. The van der Waals surface area contributed by atoms with E-state index in [0.717, 1.165) is 34.7 Å². The minimum Gasteiger partial charge on any atom is -0.490 e. The van der Waals surface area contributed by atoms with Crippen molar-refractivity contribution in [2.24, 2.45) is 5.73 Å². The molecular weight excluding hydrogens is 252 g/mol. The SMILES string of the molecule is Cc1ncccc1C(N)c1ccc2c(c1)OCCCO2. The average Bonchev–Trinajstić information content (AvgIpc) is 2.71. The van der Waals surface area contributed by atoms with E-state index >= 15 is 0 Å². The Morgan fingerprint density at radius 1 is 1.15 bits per heavy atom. The highest BCUT2D eigenvalue weighted by Crippen LogP contribution is 2.33. The molecule has 1 unspecified atom stereocenters. The fraction of sp³-hybridized carbons (Fsp3) is 0.312. The molecule has 4 nitrogen and oxygen atoms in total. The predicted octanol–water partition coefficient (Wildman–Crippen LogP) is 2.60. The van der Waals surface area contributed by atoms with Crippen LogP contribution in [0.1, 0.15) is 29.3 Å². The van der Waals surface area contributed by atoms with Gasteiger partial charge in [-0.15, -0.1) is 0 Å². The molecule has 2 N–H and O–H groups in total. The van der Waals surface area contributed by atoms with Gasteiger partial charge in [0.15, 0.2) is 11.5 Å². The van der Waals surface area contributed by atoms with Crippen LogP contribution in [0.15, 0.2) is 36.5 Å². The zero-order chi connectivity index (χ0) is 13.9. The number of rotatable bonds is 2. The van der Waals surface area contributed by atoms with Gasteiger partial charge < -0.3 is 15.2 Å². The molecule has 3 rings (SSSR count). The molecule has 1 aromatic carbocycles. The third-order valence-electron chi connectivity index (χ3n) is 3.51. The summed E-state index contributed by atoms with van der Waals surface area (Å²) in [6, 6.07) is 9.60. The fourth-order valence-electron chi connectivity index (χ4n) is 2.38. The fourth-order valence-corrected chi connectivity index (χ4v) is 2.38. The van der Waals surface area contributed by atoms with Gasteiger partial charge in [0.1, 0.15) is 0 Å². The number of ether oxygens (including phenoxy) is 2. The number of fused-ring (bicyclic) bond motifs is 1. The van der Waals surface area contributed by atoms with Gasteiger partial charge in [-0.2, -0.15) is 0 Å². The first-order valence-electron chi connectivity index (χ1n) is 6.82. The van der Waals surface area contributed by atoms with Gasteiger partial charge in [-0.3, -0.25) is 4.98 Å². The van der Waals surface area contributed by atoms with E-state index in [1.54, 1.807) is 6.20 Å². The first kappa shape index (κ1) is 12.9. The van der Waals surface area contributed by atoms with Crippen LogP contribution in [-0.2, 0) is 0 Å². The molecule has 4 heteroatoms. The summed E-state index contributed by atoms with van der Waals surface area (Å²) >= 11 is 0. The highest BCUT2D eigenvalue weighted by Gasteiger charge is 2.16. The van der Waals surface area contributed by atoms with E-state index in [2.05, 4.69) is 4.98 Å². The van der Waals surface area contributed by atoms with Gasteiger partial charge in [0.2, 0.25) is 0 Å². The maximum Gasteiger partial charge on any atom is 0.161 e. The van der Waals surface area contributed by atoms with Crippen molar-refractivity contribution in [2.75, 3.05) is 13.2 Å². The second-order valence-electron chi connectivity index (χ2n) is 4.91. The highest BCUT2D eigenvalue weighted by molar-refractivity contribution is 5.46. The molecule has 0 saturated carbocycles. The third kappa shape index (κ3) is 2.47. The number of aromatic nitrogens is 1. The van der Waals surface area contributed by atoms with Gasteiger partial charge in [-0.1, -0.05) is 12.1 Å². The molecule has 20 heavy (non-hydrogen) atoms. The molecular formula is C16H18N2O2. The molecule has 1 aliphatic rings. The van der Waals surface area contributed by atoms with Crippen molar-refractivity contribution < 1.29 is 9.47 Å². The van der Waals surface area contributed by atoms with Gasteiger partial charge in [0.25, 0.3) is 0 Å². The summed E-state index contributed by atoms with van der Waals surface area (Å²) in [7, 11) is 0. The zero-order valence-electron chi connectivity index (χ0n) is 11.5. The Kier molecular flexibility index (Phi) is 3.56. The zero-order valence-corrected chi connectivity index (χ0v) is 11.5. The summed E-state index contributed by atoms with van der Waals surface area (Å²) in [6.45, 7) is 3.34. The van der Waals surface area contributed by atoms with Crippen LogP contribution in [-0.4, -0.2) is 18.2 Å². The van der Waals surface area contributed by atoms with Crippen LogP contribution in [0.3, 0.4) is 0 Å². The van der Waals surface area contributed by atoms with Gasteiger partial charge in [-0.25, -0.2) is 0 Å². The van der Waals surface area contributed by atoms with Crippen molar-refractivity contribution in [3.63, 3.8) is 0 Å². The van der Waals surface area contributed by atoms with E-state index in [4.69, 9.17) is 15.2 Å². The van der Waals surface area contributed by atoms with E-state index < -0.39 is 0 Å². The second-order valence-corrected chi connectivity index (χ2v) is 4.91. The average molecular weight is 270 g/mol. The van der Waals surface area contributed by atoms with Crippen LogP contribution in [0.2, 0.25) is 0 Å². The number of hydrogen-bond acceptors (Lipinski definition) is 4. The van der Waals surface area contributed by atoms with Gasteiger partial charge >= 0.3 is 0 Å². The van der Waals surface area contributed by atoms with Crippen molar-refractivity contribution in [3.8, 4) is 11.5 Å². The predicted molar refractivity (Wildman–Crippen MR) is 77.1 cm³/mol. The lowest BCUT2D eigenvalue weighted by Crippen LogP contribution is -2.14. The number of aryl methyl sites for hydroxylation is 1. The smallest absolute Gasteiger partial charge is 0.161 e. The summed E-state index contributed by atoms with van der Waals surface area (Å²) in [5, 5.41) is 0. The third-order valence-corrected chi connectivity index (χ3v) is 3.51. The molecule has 0 saturated heterocycles. The first-order chi connectivity index (χ1) is 9.75. The van der Waals surface area contributed by atoms with Gasteiger partial charge in [-0.05, 0) is 36.2 Å². The molecule has 0 spiro atoms. The Hall–Kier alpha value is -2.07. The lowest BCUT2D eigenvalue weighted by Gasteiger charge is -2.16. The van der Waals surface area contributed by atoms with Crippen molar-refractivity contribution in [2.45, 2.75) is 19.4 Å². The van der Waals surface area contributed by atoms with E-state index in [-0.39, 0.29) is 6.04 Å². The minimum atomic E-state index is -0.208. The van der Waals surface area contributed by atoms with E-state index in [0.29, 0.717) is 13.2 Å². The Labute approximate surface area is 118 Å². The number of nitrogens with zero attached hydrogens (tertiary/aromatic N) is 1. The minimum absolute atomic E-state index is 0.208. The monoisotopic (exact) mass is 270 g/mol. The largest absolute Gasteiger partial charge is 0.490 e. The standard InChI is InChI=1S/C16H18N2O2/c1-11-13(4-2-7-18-11)16(17)12-5-6-14-15(10-12)20-9-3-8-19-14/h2,4-7,10,16H,3,8-9,17H2,1H3. The van der Waals surface area contributed by atoms with E-state index in [1.807, 2.05) is 37.3 Å². The van der Waals surface area contributed by atoms with Crippen molar-refractivity contribution in [1.82, 2.24) is 4.98 Å². The van der Waals surface area contributed by atoms with Gasteiger partial charge in [0, 0.05) is 18.3 Å². The van der Waals surface area contributed by atoms with Crippen LogP contribution in [0, 0.1) is 6.92 Å². The molecule has 2 aromatic rings. The molecule has 1 aromatic heterocycles. The van der Waals surface area contributed by atoms with Crippen LogP contribution in [0.5, 0.6) is 11.5 Å². The number of benzene rings is 1. The summed E-state index contributed by atoms with van der Waals surface area (Å²) < 4.78 is 11.3. The van der Waals surface area contributed by atoms with E-state index in [1.165, 1.54) is 0 Å². The number of hydrogen-bond donors (Lipinski definition) is 1. The first-order valence-corrected chi connectivity index (χ1v) is 6.82. The molecule has 104 valence electrons.